The third kappa shape index (κ3) is 37.7. The van der Waals surface area contributed by atoms with Gasteiger partial charge in [0.1, 0.15) is 48.6 Å². The van der Waals surface area contributed by atoms with Crippen LogP contribution in [0.1, 0.15) is 198 Å². The van der Waals surface area contributed by atoms with Crippen LogP contribution >= 0.6 is 82.0 Å². The number of rotatable bonds is 24. The van der Waals surface area contributed by atoms with Crippen LogP contribution in [0.25, 0.3) is 34.0 Å². The molecule has 0 bridgehead atoms. The number of ether oxygens (including phenoxy) is 6. The van der Waals surface area contributed by atoms with E-state index in [1.54, 1.807) is 60.6 Å². The van der Waals surface area contributed by atoms with Crippen LogP contribution in [-0.4, -0.2) is 167 Å². The number of amides is 5. The van der Waals surface area contributed by atoms with Crippen molar-refractivity contribution in [2.75, 3.05) is 26.3 Å². The SMILES string of the molecule is CC(=O)C(OC(=O)C(C)(C)/C=C/c1ccc2ccc([C@@H](C)NC(=O)OC(C)(C)C)nc2c1)C1CC1.CC(C)c1ccc2ccc(/C=C/C(C)(C)C(=O)OC(C(=O)N[C@@H](C)C(=O)N3CCC[C@@H](C(=O)OCC(Cl)(Cl)Cl)N3)C3CC3)cc2n1.C[C@H](NC(=O)OC(C)(C)C)C(=O)N1CCC[C@@H](C(=O)OCC(Cl)(Cl)Cl)N1.Cl.O=CO[O-].[H-].[K+].[K+]. The zero-order chi connectivity index (χ0) is 83.3. The summed E-state index contributed by atoms with van der Waals surface area (Å²) in [5.74, 6) is -3.42. The summed E-state index contributed by atoms with van der Waals surface area (Å²) >= 11 is 33.6. The number of ketones is 1. The second-order valence-electron chi connectivity index (χ2n) is 30.8. The minimum Gasteiger partial charge on any atom is -1.00 e. The predicted molar refractivity (Wildman–Crippen MR) is 427 cm³/mol. The van der Waals surface area contributed by atoms with E-state index in [4.69, 9.17) is 118 Å². The summed E-state index contributed by atoms with van der Waals surface area (Å²) in [6.07, 6.45) is 9.68. The molecule has 2 aliphatic carbocycles. The molecule has 0 spiro atoms. The third-order valence-electron chi connectivity index (χ3n) is 17.0. The van der Waals surface area contributed by atoms with E-state index in [1.165, 1.54) is 30.8 Å². The first-order valence-electron chi connectivity index (χ1n) is 36.2. The number of aromatic nitrogens is 2. The van der Waals surface area contributed by atoms with Crippen molar-refractivity contribution in [3.63, 3.8) is 0 Å². The average Bonchev–Trinajstić information content (AvgIpc) is 1.68. The number of halogens is 7. The number of hydrazine groups is 2. The normalized spacial score (nSPS) is 17.2. The smallest absolute Gasteiger partial charge is 1.00 e. The van der Waals surface area contributed by atoms with Crippen LogP contribution in [0, 0.1) is 22.7 Å². The van der Waals surface area contributed by atoms with E-state index in [-0.39, 0.29) is 153 Å². The molecule has 5 N–H and O–H groups in total. The first-order valence-corrected chi connectivity index (χ1v) is 38.5. The van der Waals surface area contributed by atoms with Crippen LogP contribution < -0.4 is 135 Å². The van der Waals surface area contributed by atoms with E-state index >= 15 is 0 Å². The second kappa shape index (κ2) is 47.8. The van der Waals surface area contributed by atoms with Crippen LogP contribution in [0.4, 0.5) is 9.59 Å². The van der Waals surface area contributed by atoms with Gasteiger partial charge >= 0.3 is 139 Å². The maximum absolute atomic E-state index is 13.3. The molecule has 2 saturated carbocycles. The van der Waals surface area contributed by atoms with Gasteiger partial charge in [-0.2, -0.15) is 0 Å². The number of esters is 4. The first kappa shape index (κ1) is 106. The quantitative estimate of drug-likeness (QED) is 0.00927. The molecule has 4 aliphatic rings. The number of nitrogens with zero attached hydrogens (tertiary/aromatic N) is 4. The summed E-state index contributed by atoms with van der Waals surface area (Å²) in [6, 6.07) is 16.0. The molecule has 4 fully saturated rings. The number of alkyl carbamates (subject to hydrolysis) is 2. The van der Waals surface area contributed by atoms with E-state index in [0.717, 1.165) is 64.3 Å². The number of fused-ring (bicyclic) bond motifs is 2. The number of benzene rings is 2. The van der Waals surface area contributed by atoms with Gasteiger partial charge in [-0.3, -0.25) is 63.1 Å². The van der Waals surface area contributed by atoms with Crippen LogP contribution in [-0.2, 0) is 76.5 Å². The fraction of sp³-hybridized carbons (Fsp3) is 0.571. The van der Waals surface area contributed by atoms with Gasteiger partial charge in [0, 0.05) is 41.4 Å². The topological polar surface area (TPSA) is 368 Å². The van der Waals surface area contributed by atoms with Crippen molar-refractivity contribution in [1.82, 2.24) is 46.8 Å². The van der Waals surface area contributed by atoms with Crippen LogP contribution in [0.5, 0.6) is 0 Å². The fourth-order valence-corrected chi connectivity index (χ4v) is 11.0. The zero-order valence-electron chi connectivity index (χ0n) is 68.6. The Morgan fingerprint density at radius 1 is 0.561 bits per heavy atom. The van der Waals surface area contributed by atoms with E-state index in [2.05, 4.69) is 51.6 Å². The van der Waals surface area contributed by atoms with E-state index in [0.29, 0.717) is 50.4 Å². The molecule has 37 heteroatoms. The number of carbonyl (C=O) groups is 11. The monoisotopic (exact) mass is 1780 g/mol. The average molecular weight is 1790 g/mol. The van der Waals surface area contributed by atoms with Gasteiger partial charge < -0.3 is 55.9 Å². The second-order valence-corrected chi connectivity index (χ2v) is 35.8. The van der Waals surface area contributed by atoms with E-state index in [1.807, 2.05) is 94.4 Å². The molecule has 622 valence electrons. The van der Waals surface area contributed by atoms with Crippen LogP contribution in [0.2, 0.25) is 0 Å². The van der Waals surface area contributed by atoms with Crippen molar-refractivity contribution in [2.24, 2.45) is 22.7 Å². The number of nitrogens with one attached hydrogen (secondary N) is 5. The Morgan fingerprint density at radius 2 is 0.930 bits per heavy atom. The number of alkyl halides is 6. The van der Waals surface area contributed by atoms with Gasteiger partial charge in [0.2, 0.25) is 7.59 Å². The van der Waals surface area contributed by atoms with Crippen LogP contribution in [0.3, 0.4) is 0 Å². The van der Waals surface area contributed by atoms with Crippen molar-refractivity contribution < 1.29 is 196 Å². The Bertz CT molecular complexity index is 4020. The molecule has 8 rings (SSSR count). The Labute approximate surface area is 788 Å². The molecule has 2 unspecified atom stereocenters. The van der Waals surface area contributed by atoms with Crippen molar-refractivity contribution in [1.29, 1.82) is 0 Å². The molecular weight excluding hydrogens is 1680 g/mol. The van der Waals surface area contributed by atoms with Crippen molar-refractivity contribution >= 4 is 182 Å². The van der Waals surface area contributed by atoms with E-state index in [9.17, 15) is 47.9 Å². The summed E-state index contributed by atoms with van der Waals surface area (Å²) in [5, 5.41) is 20.9. The van der Waals surface area contributed by atoms with Crippen molar-refractivity contribution in [3.8, 4) is 0 Å². The molecule has 2 aromatic heterocycles. The Balaban J connectivity index is 0.000000858. The van der Waals surface area contributed by atoms with Gasteiger partial charge in [0.25, 0.3) is 24.2 Å². The summed E-state index contributed by atoms with van der Waals surface area (Å²) < 4.78 is 28.3. The molecule has 7 atom stereocenters. The molecule has 28 nitrogen and oxygen atoms in total. The number of Topliss-reactive ketones (excluding diaryl/α,β-unsaturated/α-hetero) is 1. The minimum absolute atomic E-state index is 0. The van der Waals surface area contributed by atoms with Gasteiger partial charge in [-0.25, -0.2) is 20.4 Å². The molecule has 2 aliphatic heterocycles. The number of hydrogen-bond donors (Lipinski definition) is 5. The summed E-state index contributed by atoms with van der Waals surface area (Å²) in [4.78, 5) is 146. The fourth-order valence-electron chi connectivity index (χ4n) is 10.7. The minimum atomic E-state index is -1.75. The standard InChI is InChI=1S/C33H41Cl3N4O6.C28H36N2O5.C15H24Cl3N3O5.CH2O3.ClH.2K.H/c1-19(2)24-13-12-22-9-8-21(17-26(22)38-24)14-15-32(4,5)31(44)46-27(23-10-11-23)28(41)37-20(3)29(42)40-16-6-7-25(39-40)30(43)45-18-33(34,35)36;1-17(29-26(33)35-27(3,4)5)22-13-12-20-9-8-19(16-23(20)30-22)14-15-28(6,7)25(32)34-24(18(2)31)21-10-11-21;1-9(19-13(24)26-14(2,3)4)11(22)21-7-5-6-10(20-21)12(23)25-8-15(16,17)18;2-1-4-3;;;;/h8-9,12-15,17,19-20,23,25,27,39H,6-7,10-11,16,18H2,1-5H3,(H,37,41);8-9,12-17,21,24H,10-11H2,1-7H3,(H,29,33);9-10,20H,5-8H2,1-4H3,(H,19,24);1,3H;1H;;;/q;;;;;2*+1;-1/p-1/b2*15-14+;;;;;;/t20-,25-,27?;17-,24?;9-,10-;;;;;/m010...../s1. The molecule has 4 heterocycles. The van der Waals surface area contributed by atoms with Crippen molar-refractivity contribution in [2.45, 2.75) is 229 Å². The molecule has 5 amide bonds. The van der Waals surface area contributed by atoms with Crippen molar-refractivity contribution in [3.05, 3.63) is 95.3 Å². The predicted octanol–water partition coefficient (Wildman–Crippen LogP) is 6.69. The van der Waals surface area contributed by atoms with Gasteiger partial charge in [0.05, 0.1) is 33.6 Å². The maximum Gasteiger partial charge on any atom is 1.00 e. The molecule has 2 aromatic carbocycles. The number of pyridine rings is 2. The summed E-state index contributed by atoms with van der Waals surface area (Å²) in [7, 11) is 0. The van der Waals surface area contributed by atoms with Crippen LogP contribution in [0.15, 0.2) is 72.8 Å². The molecule has 114 heavy (non-hydrogen) atoms. The maximum atomic E-state index is 13.3. The Morgan fingerprint density at radius 3 is 1.31 bits per heavy atom. The molecule has 2 saturated heterocycles. The zero-order valence-corrected chi connectivity index (χ0v) is 79.2. The van der Waals surface area contributed by atoms with Gasteiger partial charge in [-0.05, 0) is 190 Å². The Hall–Kier alpha value is -4.11. The number of carbonyl (C=O) groups excluding carboxylic acids is 11. The largest absolute Gasteiger partial charge is 1.00 e. The van der Waals surface area contributed by atoms with E-state index < -0.39 is 126 Å². The van der Waals surface area contributed by atoms with Gasteiger partial charge in [0.15, 0.2) is 18.0 Å². The third-order valence-corrected chi connectivity index (χ3v) is 17.7. The summed E-state index contributed by atoms with van der Waals surface area (Å²) in [5.41, 5.74) is 7.57. The first-order chi connectivity index (χ1) is 51.5. The van der Waals surface area contributed by atoms with Gasteiger partial charge in [-0.1, -0.05) is 144 Å². The molecule has 4 aromatic rings. The summed E-state index contributed by atoms with van der Waals surface area (Å²) in [6.45, 7) is 27.9. The molecule has 0 radical (unpaired) electrons. The number of hydrogen-bond acceptors (Lipinski definition) is 23. The Kier molecular flexibility index (Phi) is 44.4. The van der Waals surface area contributed by atoms with Gasteiger partial charge in [-0.15, -0.1) is 12.4 Å². The molecular formula is C77H104Cl7K2N9O19.